The molecule has 3 rings (SSSR count). The van der Waals surface area contributed by atoms with Crippen LogP contribution in [0.5, 0.6) is 0 Å². The summed E-state index contributed by atoms with van der Waals surface area (Å²) >= 11 is 0. The molecule has 0 aliphatic carbocycles. The second-order valence-electron chi connectivity index (χ2n) is 5.75. The van der Waals surface area contributed by atoms with Gasteiger partial charge in [0.05, 0.1) is 0 Å². The van der Waals surface area contributed by atoms with Crippen molar-refractivity contribution >= 4 is 11.6 Å². The van der Waals surface area contributed by atoms with Crippen LogP contribution in [0.15, 0.2) is 18.2 Å². The lowest BCUT2D eigenvalue weighted by atomic mass is 10.0. The van der Waals surface area contributed by atoms with Gasteiger partial charge < -0.3 is 15.5 Å². The van der Waals surface area contributed by atoms with E-state index in [4.69, 9.17) is 0 Å². The van der Waals surface area contributed by atoms with Gasteiger partial charge in [0.25, 0.3) is 5.91 Å². The summed E-state index contributed by atoms with van der Waals surface area (Å²) in [6.07, 6.45) is 3.32. The number of hydrogen-bond donors (Lipinski definition) is 2. The van der Waals surface area contributed by atoms with Gasteiger partial charge in [0.15, 0.2) is 0 Å². The fraction of sp³-hybridized carbons (Fsp3) is 0.562. The molecule has 1 unspecified atom stereocenters. The van der Waals surface area contributed by atoms with E-state index >= 15 is 0 Å². The van der Waals surface area contributed by atoms with E-state index in [0.29, 0.717) is 0 Å². The molecule has 0 bridgehead atoms. The molecule has 4 heteroatoms. The van der Waals surface area contributed by atoms with Crippen LogP contribution in [0, 0.1) is 0 Å². The molecule has 0 aromatic heterocycles. The fourth-order valence-electron chi connectivity index (χ4n) is 3.16. The first-order valence-electron chi connectivity index (χ1n) is 7.66. The third-order valence-electron chi connectivity index (χ3n) is 4.37. The number of amides is 1. The molecule has 0 saturated carbocycles. The van der Waals surface area contributed by atoms with Crippen LogP contribution in [0.25, 0.3) is 0 Å². The number of fused-ring (bicyclic) bond motifs is 1. The number of nitrogens with one attached hydrogen (secondary N) is 2. The average Bonchev–Trinajstić information content (AvgIpc) is 2.94. The lowest BCUT2D eigenvalue weighted by molar-refractivity contribution is 0.0906. The summed E-state index contributed by atoms with van der Waals surface area (Å²) in [6.45, 7) is 6.36. The van der Waals surface area contributed by atoms with Crippen LogP contribution in [0.4, 0.5) is 5.69 Å². The lowest BCUT2D eigenvalue weighted by Crippen LogP contribution is -2.47. The van der Waals surface area contributed by atoms with Crippen molar-refractivity contribution in [3.05, 3.63) is 29.3 Å². The maximum Gasteiger partial charge on any atom is 0.251 e. The summed E-state index contributed by atoms with van der Waals surface area (Å²) in [6, 6.07) is 6.29. The highest BCUT2D eigenvalue weighted by Gasteiger charge is 2.21. The first-order valence-corrected chi connectivity index (χ1v) is 7.66. The van der Waals surface area contributed by atoms with Crippen LogP contribution in [-0.4, -0.2) is 43.0 Å². The van der Waals surface area contributed by atoms with Crippen LogP contribution in [-0.2, 0) is 6.42 Å². The molecule has 2 aliphatic rings. The van der Waals surface area contributed by atoms with Gasteiger partial charge in [0.2, 0.25) is 0 Å². The monoisotopic (exact) mass is 273 g/mol. The third kappa shape index (κ3) is 2.80. The van der Waals surface area contributed by atoms with E-state index < -0.39 is 0 Å². The van der Waals surface area contributed by atoms with Gasteiger partial charge in [0.1, 0.15) is 0 Å². The minimum atomic E-state index is 0.0597. The molecule has 2 N–H and O–H groups in total. The number of rotatable bonds is 3. The molecular weight excluding hydrogens is 250 g/mol. The molecular formula is C16H23N3O. The Kier molecular flexibility index (Phi) is 3.92. The number of carbonyl (C=O) groups excluding carboxylic acids is 1. The predicted octanol–water partition coefficient (Wildman–Crippen LogP) is 1.87. The zero-order chi connectivity index (χ0) is 13.9. The molecule has 2 heterocycles. The minimum Gasteiger partial charge on any atom is -0.384 e. The average molecular weight is 273 g/mol. The van der Waals surface area contributed by atoms with Crippen molar-refractivity contribution in [1.29, 1.82) is 0 Å². The summed E-state index contributed by atoms with van der Waals surface area (Å²) in [4.78, 5) is 14.8. The summed E-state index contributed by atoms with van der Waals surface area (Å²) in [5, 5.41) is 6.51. The highest BCUT2D eigenvalue weighted by Crippen LogP contribution is 2.23. The van der Waals surface area contributed by atoms with Crippen LogP contribution in [0.3, 0.4) is 0 Å². The highest BCUT2D eigenvalue weighted by atomic mass is 16.1. The highest BCUT2D eigenvalue weighted by molar-refractivity contribution is 5.95. The molecule has 108 valence electrons. The van der Waals surface area contributed by atoms with Crippen molar-refractivity contribution in [3.8, 4) is 0 Å². The van der Waals surface area contributed by atoms with Crippen molar-refractivity contribution in [3.63, 3.8) is 0 Å². The molecule has 1 aromatic rings. The van der Waals surface area contributed by atoms with Crippen LogP contribution < -0.4 is 10.6 Å². The first-order chi connectivity index (χ1) is 9.76. The van der Waals surface area contributed by atoms with Crippen molar-refractivity contribution in [1.82, 2.24) is 10.2 Å². The molecule has 1 fully saturated rings. The maximum atomic E-state index is 12.4. The Morgan fingerprint density at radius 3 is 3.25 bits per heavy atom. The Bertz CT molecular complexity index is 500. The van der Waals surface area contributed by atoms with Gasteiger partial charge >= 0.3 is 0 Å². The zero-order valence-corrected chi connectivity index (χ0v) is 12.1. The van der Waals surface area contributed by atoms with E-state index in [2.05, 4.69) is 28.5 Å². The SMILES string of the molecule is CCN1CCCC(NC(=O)c2ccc3c(c2)NCC3)C1. The minimum absolute atomic E-state index is 0.0597. The molecule has 2 aliphatic heterocycles. The molecule has 1 saturated heterocycles. The lowest BCUT2D eigenvalue weighted by Gasteiger charge is -2.32. The number of nitrogens with zero attached hydrogens (tertiary/aromatic N) is 1. The molecule has 1 amide bonds. The largest absolute Gasteiger partial charge is 0.384 e. The Morgan fingerprint density at radius 1 is 1.50 bits per heavy atom. The van der Waals surface area contributed by atoms with Crippen molar-refractivity contribution in [2.75, 3.05) is 31.5 Å². The van der Waals surface area contributed by atoms with Gasteiger partial charge in [-0.3, -0.25) is 4.79 Å². The van der Waals surface area contributed by atoms with Crippen molar-refractivity contribution < 1.29 is 4.79 Å². The normalized spacial score (nSPS) is 22.1. The Balaban J connectivity index is 1.64. The first kappa shape index (κ1) is 13.4. The van der Waals surface area contributed by atoms with Crippen molar-refractivity contribution in [2.24, 2.45) is 0 Å². The van der Waals surface area contributed by atoms with Crippen LogP contribution in [0.2, 0.25) is 0 Å². The molecule has 1 aromatic carbocycles. The number of benzene rings is 1. The molecule has 4 nitrogen and oxygen atoms in total. The van der Waals surface area contributed by atoms with Crippen LogP contribution >= 0.6 is 0 Å². The maximum absolute atomic E-state index is 12.4. The number of likely N-dealkylation sites (tertiary alicyclic amines) is 1. The summed E-state index contributed by atoms with van der Waals surface area (Å²) in [5.74, 6) is 0.0597. The van der Waals surface area contributed by atoms with Crippen molar-refractivity contribution in [2.45, 2.75) is 32.2 Å². The predicted molar refractivity (Wildman–Crippen MR) is 81.2 cm³/mol. The summed E-state index contributed by atoms with van der Waals surface area (Å²) in [7, 11) is 0. The summed E-state index contributed by atoms with van der Waals surface area (Å²) in [5.41, 5.74) is 3.21. The Labute approximate surface area is 120 Å². The zero-order valence-electron chi connectivity index (χ0n) is 12.1. The number of carbonyl (C=O) groups is 1. The molecule has 1 atom stereocenters. The van der Waals surface area contributed by atoms with E-state index in [-0.39, 0.29) is 11.9 Å². The fourth-order valence-corrected chi connectivity index (χ4v) is 3.16. The van der Waals surface area contributed by atoms with E-state index in [1.165, 1.54) is 12.0 Å². The van der Waals surface area contributed by atoms with E-state index in [0.717, 1.165) is 50.3 Å². The van der Waals surface area contributed by atoms with E-state index in [1.54, 1.807) is 0 Å². The van der Waals surface area contributed by atoms with Gasteiger partial charge in [-0.15, -0.1) is 0 Å². The summed E-state index contributed by atoms with van der Waals surface area (Å²) < 4.78 is 0. The van der Waals surface area contributed by atoms with Gasteiger partial charge in [-0.2, -0.15) is 0 Å². The number of likely N-dealkylation sites (N-methyl/N-ethyl adjacent to an activating group) is 1. The second-order valence-corrected chi connectivity index (χ2v) is 5.75. The smallest absolute Gasteiger partial charge is 0.251 e. The van der Waals surface area contributed by atoms with Gasteiger partial charge in [0, 0.05) is 30.4 Å². The molecule has 0 spiro atoms. The Hall–Kier alpha value is -1.55. The van der Waals surface area contributed by atoms with Gasteiger partial charge in [-0.05, 0) is 50.0 Å². The van der Waals surface area contributed by atoms with E-state index in [9.17, 15) is 4.79 Å². The topological polar surface area (TPSA) is 44.4 Å². The Morgan fingerprint density at radius 2 is 2.40 bits per heavy atom. The third-order valence-corrected chi connectivity index (χ3v) is 4.37. The number of hydrogen-bond acceptors (Lipinski definition) is 3. The quantitative estimate of drug-likeness (QED) is 0.883. The second kappa shape index (κ2) is 5.83. The van der Waals surface area contributed by atoms with Gasteiger partial charge in [-0.25, -0.2) is 0 Å². The number of anilines is 1. The molecule has 20 heavy (non-hydrogen) atoms. The van der Waals surface area contributed by atoms with Crippen LogP contribution in [0.1, 0.15) is 35.7 Å². The van der Waals surface area contributed by atoms with E-state index in [1.807, 2.05) is 12.1 Å². The number of piperidine rings is 1. The van der Waals surface area contributed by atoms with Gasteiger partial charge in [-0.1, -0.05) is 13.0 Å². The standard InChI is InChI=1S/C16H23N3O/c1-2-19-9-3-4-14(11-19)18-16(20)13-6-5-12-7-8-17-15(12)10-13/h5-6,10,14,17H,2-4,7-9,11H2,1H3,(H,18,20). The molecule has 0 radical (unpaired) electrons.